The first kappa shape index (κ1) is 22.4. The van der Waals surface area contributed by atoms with Gasteiger partial charge in [0.05, 0.1) is 18.4 Å². The van der Waals surface area contributed by atoms with Crippen molar-refractivity contribution in [3.05, 3.63) is 0 Å². The first-order valence-corrected chi connectivity index (χ1v) is 5.83. The van der Waals surface area contributed by atoms with Gasteiger partial charge in [0.25, 0.3) is 0 Å². The molecule has 0 radical (unpaired) electrons. The minimum Gasteiger partial charge on any atom is -0.550 e. The monoisotopic (exact) mass is 326 g/mol. The standard InChI is InChI=1S/C11H16N2O8.Mg/c1-5(14)12-7(4-9(17)18)10(19)13-6(11(20)21)2-3-8(15)16;/h6-7H,2-4H2,1H3,(H,12,14)(H,13,19)(H,15,16)(H,17,18)(H,20,21);/q;+2/p-2/t6-,7-;/m0./s1. The zero-order valence-corrected chi connectivity index (χ0v) is 13.2. The maximum Gasteiger partial charge on any atom is 2.00 e. The molecule has 0 aliphatic heterocycles. The Labute approximate surface area is 141 Å². The third-order valence-corrected chi connectivity index (χ3v) is 2.31. The molecule has 0 aliphatic carbocycles. The second-order valence-corrected chi connectivity index (χ2v) is 4.14. The van der Waals surface area contributed by atoms with Gasteiger partial charge in [0, 0.05) is 12.9 Å². The molecule has 10 nitrogen and oxygen atoms in total. The van der Waals surface area contributed by atoms with E-state index in [1.165, 1.54) is 0 Å². The van der Waals surface area contributed by atoms with E-state index in [0.29, 0.717) is 0 Å². The molecule has 0 unspecified atom stereocenters. The smallest absolute Gasteiger partial charge is 0.550 e. The normalized spacial score (nSPS) is 12.2. The molecule has 0 saturated heterocycles. The number of hydrogen-bond acceptors (Lipinski definition) is 7. The number of nitrogens with one attached hydrogen (secondary N) is 2. The Kier molecular flexibility index (Phi) is 11.0. The molecule has 22 heavy (non-hydrogen) atoms. The summed E-state index contributed by atoms with van der Waals surface area (Å²) in [5.41, 5.74) is 0. The van der Waals surface area contributed by atoms with Crippen LogP contribution in [-0.4, -0.2) is 70.0 Å². The molecule has 118 valence electrons. The van der Waals surface area contributed by atoms with Crippen molar-refractivity contribution in [2.24, 2.45) is 0 Å². The van der Waals surface area contributed by atoms with Crippen molar-refractivity contribution < 1.29 is 39.3 Å². The van der Waals surface area contributed by atoms with Gasteiger partial charge < -0.3 is 35.5 Å². The first-order valence-electron chi connectivity index (χ1n) is 5.83. The van der Waals surface area contributed by atoms with Gasteiger partial charge in [0.1, 0.15) is 6.04 Å². The van der Waals surface area contributed by atoms with Crippen molar-refractivity contribution in [1.82, 2.24) is 10.6 Å². The van der Waals surface area contributed by atoms with Gasteiger partial charge in [-0.15, -0.1) is 0 Å². The van der Waals surface area contributed by atoms with Gasteiger partial charge in [-0.1, -0.05) is 0 Å². The van der Waals surface area contributed by atoms with Crippen molar-refractivity contribution in [2.45, 2.75) is 38.3 Å². The van der Waals surface area contributed by atoms with Crippen LogP contribution >= 0.6 is 0 Å². The maximum atomic E-state index is 11.7. The van der Waals surface area contributed by atoms with Gasteiger partial charge in [-0.05, 0) is 12.8 Å². The quantitative estimate of drug-likeness (QED) is 0.354. The predicted molar refractivity (Wildman–Crippen MR) is 66.8 cm³/mol. The molecular formula is C11H14MgN2O8. The number of carbonyl (C=O) groups excluding carboxylic acids is 4. The number of amides is 2. The largest absolute Gasteiger partial charge is 2.00 e. The van der Waals surface area contributed by atoms with E-state index in [0.717, 1.165) is 6.92 Å². The number of rotatable bonds is 9. The third kappa shape index (κ3) is 9.93. The number of aliphatic carboxylic acids is 3. The summed E-state index contributed by atoms with van der Waals surface area (Å²) < 4.78 is 0. The summed E-state index contributed by atoms with van der Waals surface area (Å²) in [6, 6.07) is -3.12. The first-order chi connectivity index (χ1) is 9.63. The van der Waals surface area contributed by atoms with Crippen LogP contribution in [0.4, 0.5) is 0 Å². The molecule has 0 fully saturated rings. The molecule has 11 heteroatoms. The molecule has 0 aromatic heterocycles. The topological polar surface area (TPSA) is 176 Å². The fraction of sp³-hybridized carbons (Fsp3) is 0.545. The molecule has 0 aromatic carbocycles. The van der Waals surface area contributed by atoms with E-state index in [-0.39, 0.29) is 23.1 Å². The second-order valence-electron chi connectivity index (χ2n) is 4.14. The summed E-state index contributed by atoms with van der Waals surface area (Å²) in [6.07, 6.45) is -1.88. The van der Waals surface area contributed by atoms with E-state index in [2.05, 4.69) is 0 Å². The Morgan fingerprint density at radius 2 is 1.59 bits per heavy atom. The van der Waals surface area contributed by atoms with Crippen molar-refractivity contribution in [2.75, 3.05) is 0 Å². The van der Waals surface area contributed by atoms with Crippen molar-refractivity contribution in [3.63, 3.8) is 0 Å². The average Bonchev–Trinajstić information content (AvgIpc) is 2.31. The van der Waals surface area contributed by atoms with Crippen molar-refractivity contribution in [3.8, 4) is 0 Å². The van der Waals surface area contributed by atoms with Crippen LogP contribution in [0.5, 0.6) is 0 Å². The van der Waals surface area contributed by atoms with Crippen LogP contribution in [0.1, 0.15) is 26.2 Å². The van der Waals surface area contributed by atoms with Crippen LogP contribution in [0.15, 0.2) is 0 Å². The second kappa shape index (κ2) is 10.8. The van der Waals surface area contributed by atoms with Crippen LogP contribution in [0.3, 0.4) is 0 Å². The van der Waals surface area contributed by atoms with Gasteiger partial charge in [-0.3, -0.25) is 14.4 Å². The molecule has 0 rings (SSSR count). The summed E-state index contributed by atoms with van der Waals surface area (Å²) in [7, 11) is 0. The molecule has 0 aromatic rings. The molecule has 2 atom stereocenters. The molecule has 2 amide bonds. The molecule has 0 bridgehead atoms. The van der Waals surface area contributed by atoms with E-state index in [1.54, 1.807) is 0 Å². The fourth-order valence-electron chi connectivity index (χ4n) is 1.41. The Hall–Kier alpha value is -1.88. The minimum atomic E-state index is -1.73. The van der Waals surface area contributed by atoms with Crippen molar-refractivity contribution in [1.29, 1.82) is 0 Å². The van der Waals surface area contributed by atoms with Gasteiger partial charge in [0.15, 0.2) is 0 Å². The van der Waals surface area contributed by atoms with E-state index in [9.17, 15) is 34.2 Å². The average molecular weight is 327 g/mol. The Morgan fingerprint density at radius 1 is 1.05 bits per heavy atom. The number of carboxylic acid groups (broad SMARTS) is 3. The van der Waals surface area contributed by atoms with E-state index in [4.69, 9.17) is 5.11 Å². The number of carbonyl (C=O) groups is 5. The van der Waals surface area contributed by atoms with Gasteiger partial charge >= 0.3 is 29.0 Å². The van der Waals surface area contributed by atoms with Gasteiger partial charge in [-0.2, -0.15) is 0 Å². The van der Waals surface area contributed by atoms with Gasteiger partial charge in [-0.25, -0.2) is 0 Å². The summed E-state index contributed by atoms with van der Waals surface area (Å²) >= 11 is 0. The minimum absolute atomic E-state index is 0. The van der Waals surface area contributed by atoms with Gasteiger partial charge in [0.2, 0.25) is 11.8 Å². The summed E-state index contributed by atoms with van der Waals surface area (Å²) in [5.74, 6) is -6.39. The maximum absolute atomic E-state index is 11.7. The Balaban J connectivity index is 0. The van der Waals surface area contributed by atoms with Crippen LogP contribution in [0.2, 0.25) is 0 Å². The zero-order valence-electron chi connectivity index (χ0n) is 11.8. The fourth-order valence-corrected chi connectivity index (χ4v) is 1.41. The van der Waals surface area contributed by atoms with E-state index >= 15 is 0 Å². The third-order valence-electron chi connectivity index (χ3n) is 2.31. The summed E-state index contributed by atoms with van der Waals surface area (Å²) in [6.45, 7) is 1.05. The summed E-state index contributed by atoms with van der Waals surface area (Å²) in [5, 5.41) is 33.6. The number of hydrogen-bond donors (Lipinski definition) is 3. The molecule has 0 aliphatic rings. The molecule has 0 saturated carbocycles. The predicted octanol–water partition coefficient (Wildman–Crippen LogP) is -4.65. The SMILES string of the molecule is CC(=O)N[C@@H](CC(=O)O)C(=O)N[C@@H](CCC(=O)[O-])C(=O)[O-].[Mg+2]. The Morgan fingerprint density at radius 3 is 1.95 bits per heavy atom. The Bertz CT molecular complexity index is 437. The number of carboxylic acids is 3. The zero-order chi connectivity index (χ0) is 16.6. The van der Waals surface area contributed by atoms with Crippen LogP contribution < -0.4 is 20.8 Å². The molecule has 0 spiro atoms. The van der Waals surface area contributed by atoms with Crippen LogP contribution in [0, 0.1) is 0 Å². The van der Waals surface area contributed by atoms with Crippen LogP contribution in [0.25, 0.3) is 0 Å². The van der Waals surface area contributed by atoms with E-state index in [1.807, 2.05) is 10.6 Å². The molecule has 0 heterocycles. The van der Waals surface area contributed by atoms with Crippen molar-refractivity contribution >= 4 is 52.8 Å². The molecule has 3 N–H and O–H groups in total. The van der Waals surface area contributed by atoms with Crippen LogP contribution in [-0.2, 0) is 24.0 Å². The van der Waals surface area contributed by atoms with E-state index < -0.39 is 61.1 Å². The summed E-state index contributed by atoms with van der Waals surface area (Å²) in [4.78, 5) is 54.2. The molecular weight excluding hydrogens is 312 g/mol.